The predicted molar refractivity (Wildman–Crippen MR) is 82.4 cm³/mol. The summed E-state index contributed by atoms with van der Waals surface area (Å²) in [5.41, 5.74) is 1.46. The summed E-state index contributed by atoms with van der Waals surface area (Å²) in [6, 6.07) is 10.2. The molecule has 1 aromatic carbocycles. The molecule has 2 heterocycles. The summed E-state index contributed by atoms with van der Waals surface area (Å²) in [4.78, 5) is 10.5. The van der Waals surface area contributed by atoms with Gasteiger partial charge in [0.2, 0.25) is 0 Å². The number of rotatable bonds is 3. The van der Waals surface area contributed by atoms with Gasteiger partial charge in [0.1, 0.15) is 11.9 Å². The molecule has 0 aliphatic carbocycles. The number of hydrogen-bond acceptors (Lipinski definition) is 5. The Labute approximate surface area is 128 Å². The van der Waals surface area contributed by atoms with Crippen LogP contribution in [-0.4, -0.2) is 29.1 Å². The van der Waals surface area contributed by atoms with Crippen LogP contribution in [0.1, 0.15) is 12.1 Å². The van der Waals surface area contributed by atoms with Crippen LogP contribution in [0.2, 0.25) is 5.02 Å². The SMILES string of the molecule is N#Cc1cnc(NC2CCN(c3cccc(Cl)c3)C2)cn1. The van der Waals surface area contributed by atoms with E-state index in [1.54, 1.807) is 6.20 Å². The smallest absolute Gasteiger partial charge is 0.158 e. The zero-order valence-corrected chi connectivity index (χ0v) is 12.1. The van der Waals surface area contributed by atoms with E-state index in [1.807, 2.05) is 24.3 Å². The summed E-state index contributed by atoms with van der Waals surface area (Å²) in [6.45, 7) is 1.86. The van der Waals surface area contributed by atoms with Crippen molar-refractivity contribution < 1.29 is 0 Å². The van der Waals surface area contributed by atoms with Crippen LogP contribution in [0.3, 0.4) is 0 Å². The molecule has 1 atom stereocenters. The lowest BCUT2D eigenvalue weighted by Gasteiger charge is -2.19. The van der Waals surface area contributed by atoms with Gasteiger partial charge in [-0.25, -0.2) is 9.97 Å². The molecule has 106 valence electrons. The number of nitrogens with zero attached hydrogens (tertiary/aromatic N) is 4. The van der Waals surface area contributed by atoms with Gasteiger partial charge in [-0.3, -0.25) is 0 Å². The van der Waals surface area contributed by atoms with Gasteiger partial charge in [0.25, 0.3) is 0 Å². The summed E-state index contributed by atoms with van der Waals surface area (Å²) in [7, 11) is 0. The number of nitrogens with one attached hydrogen (secondary N) is 1. The van der Waals surface area contributed by atoms with Crippen LogP contribution in [0.15, 0.2) is 36.7 Å². The monoisotopic (exact) mass is 299 g/mol. The molecule has 0 amide bonds. The molecule has 0 radical (unpaired) electrons. The highest BCUT2D eigenvalue weighted by Crippen LogP contribution is 2.24. The van der Waals surface area contributed by atoms with E-state index < -0.39 is 0 Å². The Morgan fingerprint density at radius 2 is 2.24 bits per heavy atom. The quantitative estimate of drug-likeness (QED) is 0.944. The Kier molecular flexibility index (Phi) is 3.89. The molecule has 1 unspecified atom stereocenters. The van der Waals surface area contributed by atoms with Crippen LogP contribution in [0.5, 0.6) is 0 Å². The van der Waals surface area contributed by atoms with E-state index in [9.17, 15) is 0 Å². The van der Waals surface area contributed by atoms with E-state index in [-0.39, 0.29) is 0 Å². The lowest BCUT2D eigenvalue weighted by Crippen LogP contribution is -2.26. The Morgan fingerprint density at radius 1 is 1.33 bits per heavy atom. The fourth-order valence-corrected chi connectivity index (χ4v) is 2.64. The van der Waals surface area contributed by atoms with Gasteiger partial charge in [-0.1, -0.05) is 17.7 Å². The number of nitriles is 1. The molecule has 1 N–H and O–H groups in total. The second kappa shape index (κ2) is 5.98. The van der Waals surface area contributed by atoms with Crippen LogP contribution in [0.4, 0.5) is 11.5 Å². The maximum atomic E-state index is 8.71. The molecule has 1 aliphatic heterocycles. The summed E-state index contributed by atoms with van der Waals surface area (Å²) in [6.07, 6.45) is 4.10. The normalized spacial score (nSPS) is 17.5. The maximum absolute atomic E-state index is 8.71. The number of hydrogen-bond donors (Lipinski definition) is 1. The number of benzene rings is 1. The van der Waals surface area contributed by atoms with E-state index in [4.69, 9.17) is 16.9 Å². The highest BCUT2D eigenvalue weighted by molar-refractivity contribution is 6.30. The third kappa shape index (κ3) is 3.23. The first-order valence-corrected chi connectivity index (χ1v) is 7.11. The van der Waals surface area contributed by atoms with Gasteiger partial charge in [0, 0.05) is 29.8 Å². The van der Waals surface area contributed by atoms with Crippen molar-refractivity contribution in [2.45, 2.75) is 12.5 Å². The van der Waals surface area contributed by atoms with E-state index in [1.165, 1.54) is 6.20 Å². The lowest BCUT2D eigenvalue weighted by molar-refractivity contribution is 0.799. The fourth-order valence-electron chi connectivity index (χ4n) is 2.45. The van der Waals surface area contributed by atoms with Crippen LogP contribution in [-0.2, 0) is 0 Å². The van der Waals surface area contributed by atoms with Gasteiger partial charge in [-0.05, 0) is 24.6 Å². The molecule has 1 fully saturated rings. The van der Waals surface area contributed by atoms with Crippen molar-refractivity contribution in [3.8, 4) is 6.07 Å². The summed E-state index contributed by atoms with van der Waals surface area (Å²) in [5, 5.41) is 12.8. The van der Waals surface area contributed by atoms with Gasteiger partial charge in [-0.2, -0.15) is 5.26 Å². The van der Waals surface area contributed by atoms with Crippen molar-refractivity contribution in [2.24, 2.45) is 0 Å². The third-order valence-electron chi connectivity index (χ3n) is 3.48. The van der Waals surface area contributed by atoms with E-state index in [2.05, 4.69) is 26.3 Å². The number of halogens is 1. The second-order valence-electron chi connectivity index (χ2n) is 4.95. The molecule has 0 saturated carbocycles. The van der Waals surface area contributed by atoms with Crippen molar-refractivity contribution >= 4 is 23.1 Å². The summed E-state index contributed by atoms with van der Waals surface area (Å²) >= 11 is 6.03. The van der Waals surface area contributed by atoms with Gasteiger partial charge in [0.05, 0.1) is 12.4 Å². The Hall–Kier alpha value is -2.32. The maximum Gasteiger partial charge on any atom is 0.158 e. The minimum atomic E-state index is 0.311. The molecule has 1 aromatic heterocycles. The fraction of sp³-hybridized carbons (Fsp3) is 0.267. The first kappa shape index (κ1) is 13.7. The van der Waals surface area contributed by atoms with Crippen molar-refractivity contribution in [1.29, 1.82) is 5.26 Å². The van der Waals surface area contributed by atoms with Crippen LogP contribution >= 0.6 is 11.6 Å². The average molecular weight is 300 g/mol. The summed E-state index contributed by atoms with van der Waals surface area (Å²) < 4.78 is 0. The van der Waals surface area contributed by atoms with Gasteiger partial charge in [-0.15, -0.1) is 0 Å². The largest absolute Gasteiger partial charge is 0.369 e. The minimum Gasteiger partial charge on any atom is -0.369 e. The Bertz CT molecular complexity index is 665. The van der Waals surface area contributed by atoms with E-state index in [0.717, 1.165) is 30.2 Å². The predicted octanol–water partition coefficient (Wildman–Crippen LogP) is 2.69. The molecule has 1 saturated heterocycles. The van der Waals surface area contributed by atoms with Gasteiger partial charge < -0.3 is 10.2 Å². The zero-order valence-electron chi connectivity index (χ0n) is 11.3. The standard InChI is InChI=1S/C15H14ClN5/c16-11-2-1-3-14(6-11)21-5-4-12(10-21)20-15-9-18-13(7-17)8-19-15/h1-3,6,8-9,12H,4-5,10H2,(H,19,20). The zero-order chi connectivity index (χ0) is 14.7. The molecule has 21 heavy (non-hydrogen) atoms. The van der Waals surface area contributed by atoms with Crippen molar-refractivity contribution in [3.05, 3.63) is 47.4 Å². The molecule has 1 aliphatic rings. The average Bonchev–Trinajstić information content (AvgIpc) is 2.97. The number of aromatic nitrogens is 2. The van der Waals surface area contributed by atoms with Crippen molar-refractivity contribution in [2.75, 3.05) is 23.3 Å². The van der Waals surface area contributed by atoms with Crippen LogP contribution in [0.25, 0.3) is 0 Å². The van der Waals surface area contributed by atoms with Crippen LogP contribution < -0.4 is 10.2 Å². The Morgan fingerprint density at radius 3 is 2.95 bits per heavy atom. The molecule has 0 bridgehead atoms. The first-order valence-electron chi connectivity index (χ1n) is 6.74. The summed E-state index contributed by atoms with van der Waals surface area (Å²) in [5.74, 6) is 0.701. The van der Waals surface area contributed by atoms with E-state index >= 15 is 0 Å². The second-order valence-corrected chi connectivity index (χ2v) is 5.39. The first-order chi connectivity index (χ1) is 10.2. The molecular formula is C15H14ClN5. The molecular weight excluding hydrogens is 286 g/mol. The molecule has 0 spiro atoms. The van der Waals surface area contributed by atoms with Crippen LogP contribution in [0, 0.1) is 11.3 Å². The van der Waals surface area contributed by atoms with Crippen molar-refractivity contribution in [3.63, 3.8) is 0 Å². The lowest BCUT2D eigenvalue weighted by atomic mass is 10.2. The van der Waals surface area contributed by atoms with E-state index in [0.29, 0.717) is 17.6 Å². The number of anilines is 2. The Balaban J connectivity index is 1.63. The molecule has 6 heteroatoms. The molecule has 5 nitrogen and oxygen atoms in total. The molecule has 2 aromatic rings. The highest BCUT2D eigenvalue weighted by atomic mass is 35.5. The van der Waals surface area contributed by atoms with Gasteiger partial charge >= 0.3 is 0 Å². The minimum absolute atomic E-state index is 0.311. The van der Waals surface area contributed by atoms with Gasteiger partial charge in [0.15, 0.2) is 5.69 Å². The molecule has 3 rings (SSSR count). The topological polar surface area (TPSA) is 64.8 Å². The highest BCUT2D eigenvalue weighted by Gasteiger charge is 2.23. The third-order valence-corrected chi connectivity index (χ3v) is 3.72. The van der Waals surface area contributed by atoms with Crippen molar-refractivity contribution in [1.82, 2.24) is 9.97 Å².